The molecule has 3 N–H and O–H groups in total. The lowest BCUT2D eigenvalue weighted by Gasteiger charge is -2.36. The summed E-state index contributed by atoms with van der Waals surface area (Å²) in [7, 11) is -3.17. The normalized spacial score (nSPS) is 23.4. The van der Waals surface area contributed by atoms with Crippen LogP contribution in [0.4, 0.5) is 0 Å². The number of sulfonamides is 1. The average molecular weight is 317 g/mol. The first-order chi connectivity index (χ1) is 9.86. The van der Waals surface area contributed by atoms with Gasteiger partial charge in [-0.1, -0.05) is 19.8 Å². The third-order valence-corrected chi connectivity index (χ3v) is 6.16. The van der Waals surface area contributed by atoms with Gasteiger partial charge in [0.15, 0.2) is 0 Å². The second kappa shape index (κ2) is 6.62. The van der Waals surface area contributed by atoms with Crippen LogP contribution in [0.2, 0.25) is 0 Å². The van der Waals surface area contributed by atoms with Crippen LogP contribution in [0.5, 0.6) is 0 Å². The van der Waals surface area contributed by atoms with Gasteiger partial charge in [0.1, 0.15) is 0 Å². The lowest BCUT2D eigenvalue weighted by atomic mass is 9.95. The molecule has 1 saturated carbocycles. The van der Waals surface area contributed by atoms with Crippen LogP contribution in [0.15, 0.2) is 0 Å². The summed E-state index contributed by atoms with van der Waals surface area (Å²) in [4.78, 5) is 14.3. The molecule has 122 valence electrons. The monoisotopic (exact) mass is 317 g/mol. The molecule has 0 aromatic rings. The van der Waals surface area contributed by atoms with Crippen LogP contribution in [-0.4, -0.2) is 49.6 Å². The predicted molar refractivity (Wildman–Crippen MR) is 82.2 cm³/mol. The Hall–Kier alpha value is -0.660. The van der Waals surface area contributed by atoms with E-state index in [1.807, 2.05) is 11.8 Å². The molecule has 6 nitrogen and oxygen atoms in total. The predicted octanol–water partition coefficient (Wildman–Crippen LogP) is 0.578. The van der Waals surface area contributed by atoms with Crippen LogP contribution in [0.25, 0.3) is 0 Å². The summed E-state index contributed by atoms with van der Waals surface area (Å²) in [6, 6.07) is -0.0529. The average Bonchev–Trinajstić information content (AvgIpc) is 2.86. The van der Waals surface area contributed by atoms with Crippen molar-refractivity contribution in [2.75, 3.05) is 18.8 Å². The number of hydrogen-bond acceptors (Lipinski definition) is 4. The van der Waals surface area contributed by atoms with Gasteiger partial charge in [-0.3, -0.25) is 4.79 Å². The maximum Gasteiger partial charge on any atom is 0.242 e. The minimum Gasteiger partial charge on any atom is -0.341 e. The van der Waals surface area contributed by atoms with Crippen LogP contribution in [0.3, 0.4) is 0 Å². The summed E-state index contributed by atoms with van der Waals surface area (Å²) in [6.45, 7) is 3.04. The molecule has 1 amide bonds. The van der Waals surface area contributed by atoms with E-state index in [0.29, 0.717) is 32.4 Å². The van der Waals surface area contributed by atoms with Crippen LogP contribution in [0.1, 0.15) is 51.9 Å². The molecule has 0 bridgehead atoms. The van der Waals surface area contributed by atoms with E-state index in [4.69, 9.17) is 5.73 Å². The number of piperidine rings is 1. The van der Waals surface area contributed by atoms with E-state index in [2.05, 4.69) is 4.72 Å². The van der Waals surface area contributed by atoms with Gasteiger partial charge in [-0.15, -0.1) is 0 Å². The number of carbonyl (C=O) groups is 1. The molecule has 0 aromatic heterocycles. The van der Waals surface area contributed by atoms with Gasteiger partial charge < -0.3 is 10.6 Å². The van der Waals surface area contributed by atoms with Crippen molar-refractivity contribution in [3.8, 4) is 0 Å². The Morgan fingerprint density at radius 1 is 1.29 bits per heavy atom. The zero-order valence-corrected chi connectivity index (χ0v) is 13.6. The first-order valence-electron chi connectivity index (χ1n) is 7.94. The van der Waals surface area contributed by atoms with E-state index in [1.165, 1.54) is 0 Å². The largest absolute Gasteiger partial charge is 0.341 e. The number of amides is 1. The zero-order chi connectivity index (χ0) is 15.5. The highest BCUT2D eigenvalue weighted by Gasteiger charge is 2.40. The van der Waals surface area contributed by atoms with Gasteiger partial charge in [-0.25, -0.2) is 13.1 Å². The molecule has 0 unspecified atom stereocenters. The van der Waals surface area contributed by atoms with Crippen LogP contribution < -0.4 is 10.5 Å². The summed E-state index contributed by atoms with van der Waals surface area (Å²) < 4.78 is 26.3. The quantitative estimate of drug-likeness (QED) is 0.776. The summed E-state index contributed by atoms with van der Waals surface area (Å²) in [6.07, 6.45) is 5.55. The topological polar surface area (TPSA) is 92.5 Å². The van der Waals surface area contributed by atoms with Gasteiger partial charge in [-0.2, -0.15) is 0 Å². The highest BCUT2D eigenvalue weighted by Crippen LogP contribution is 2.30. The van der Waals surface area contributed by atoms with Crippen LogP contribution in [-0.2, 0) is 14.8 Å². The van der Waals surface area contributed by atoms with Gasteiger partial charge in [0.2, 0.25) is 15.9 Å². The third kappa shape index (κ3) is 4.17. The Labute approximate surface area is 127 Å². The van der Waals surface area contributed by atoms with Crippen molar-refractivity contribution in [1.82, 2.24) is 9.62 Å². The lowest BCUT2D eigenvalue weighted by Crippen LogP contribution is -2.56. The molecule has 0 spiro atoms. The smallest absolute Gasteiger partial charge is 0.242 e. The molecule has 2 rings (SSSR count). The Morgan fingerprint density at radius 3 is 2.38 bits per heavy atom. The van der Waals surface area contributed by atoms with Crippen molar-refractivity contribution in [2.24, 2.45) is 5.73 Å². The van der Waals surface area contributed by atoms with Crippen molar-refractivity contribution in [1.29, 1.82) is 0 Å². The summed E-state index contributed by atoms with van der Waals surface area (Å²) in [5, 5.41) is 0. The van der Waals surface area contributed by atoms with Gasteiger partial charge in [0.25, 0.3) is 0 Å². The second-order valence-corrected chi connectivity index (χ2v) is 8.24. The minimum atomic E-state index is -3.17. The molecule has 2 aliphatic rings. The molecule has 0 aromatic carbocycles. The molecule has 1 aliphatic carbocycles. The molecule has 1 saturated heterocycles. The standard InChI is InChI=1S/C14H27N3O3S/c1-2-11-21(19,20)16-12-5-9-17(10-6-12)13(18)14(15)7-3-4-8-14/h12,16H,2-11,15H2,1H3. The number of carbonyl (C=O) groups excluding carboxylic acids is 1. The summed E-state index contributed by atoms with van der Waals surface area (Å²) in [5.41, 5.74) is 5.53. The first-order valence-corrected chi connectivity index (χ1v) is 9.60. The molecular weight excluding hydrogens is 290 g/mol. The Morgan fingerprint density at radius 2 is 1.86 bits per heavy atom. The van der Waals surface area contributed by atoms with Crippen LogP contribution in [0, 0.1) is 0 Å². The van der Waals surface area contributed by atoms with E-state index in [-0.39, 0.29) is 17.7 Å². The fourth-order valence-corrected chi connectivity index (χ4v) is 4.72. The number of nitrogens with zero attached hydrogens (tertiary/aromatic N) is 1. The SMILES string of the molecule is CCCS(=O)(=O)NC1CCN(C(=O)C2(N)CCCC2)CC1. The highest BCUT2D eigenvalue weighted by molar-refractivity contribution is 7.89. The van der Waals surface area contributed by atoms with E-state index in [0.717, 1.165) is 25.7 Å². The van der Waals surface area contributed by atoms with Crippen molar-refractivity contribution in [3.63, 3.8) is 0 Å². The molecule has 1 aliphatic heterocycles. The summed E-state index contributed by atoms with van der Waals surface area (Å²) >= 11 is 0. The molecule has 2 fully saturated rings. The Bertz CT molecular complexity index is 464. The maximum absolute atomic E-state index is 12.5. The number of rotatable bonds is 5. The molecule has 0 radical (unpaired) electrons. The molecule has 0 atom stereocenters. The van der Waals surface area contributed by atoms with E-state index >= 15 is 0 Å². The van der Waals surface area contributed by atoms with Crippen LogP contribution >= 0.6 is 0 Å². The van der Waals surface area contributed by atoms with Crippen molar-refractivity contribution in [2.45, 2.75) is 63.5 Å². The van der Waals surface area contributed by atoms with Gasteiger partial charge >= 0.3 is 0 Å². The van der Waals surface area contributed by atoms with E-state index in [9.17, 15) is 13.2 Å². The number of nitrogens with two attached hydrogens (primary N) is 1. The fourth-order valence-electron chi connectivity index (χ4n) is 3.32. The van der Waals surface area contributed by atoms with E-state index < -0.39 is 15.6 Å². The fraction of sp³-hybridized carbons (Fsp3) is 0.929. The van der Waals surface area contributed by atoms with Crippen molar-refractivity contribution >= 4 is 15.9 Å². The number of nitrogens with one attached hydrogen (secondary N) is 1. The van der Waals surface area contributed by atoms with Crippen molar-refractivity contribution < 1.29 is 13.2 Å². The number of hydrogen-bond donors (Lipinski definition) is 2. The molecular formula is C14H27N3O3S. The first kappa shape index (κ1) is 16.7. The van der Waals surface area contributed by atoms with Gasteiger partial charge in [-0.05, 0) is 32.1 Å². The maximum atomic E-state index is 12.5. The molecule has 7 heteroatoms. The second-order valence-electron chi connectivity index (χ2n) is 6.37. The highest BCUT2D eigenvalue weighted by atomic mass is 32.2. The Balaban J connectivity index is 1.84. The zero-order valence-electron chi connectivity index (χ0n) is 12.8. The number of likely N-dealkylation sites (tertiary alicyclic amines) is 1. The Kier molecular flexibility index (Phi) is 5.27. The summed E-state index contributed by atoms with van der Waals surface area (Å²) in [5.74, 6) is 0.216. The molecule has 21 heavy (non-hydrogen) atoms. The van der Waals surface area contributed by atoms with Gasteiger partial charge in [0, 0.05) is 19.1 Å². The van der Waals surface area contributed by atoms with Gasteiger partial charge in [0.05, 0.1) is 11.3 Å². The third-order valence-electron chi connectivity index (χ3n) is 4.52. The minimum absolute atomic E-state index is 0.0508. The lowest BCUT2D eigenvalue weighted by molar-refractivity contribution is -0.137. The van der Waals surface area contributed by atoms with E-state index in [1.54, 1.807) is 0 Å². The van der Waals surface area contributed by atoms with Crippen molar-refractivity contribution in [3.05, 3.63) is 0 Å². The molecule has 1 heterocycles.